The first-order valence-corrected chi connectivity index (χ1v) is 11.5. The summed E-state index contributed by atoms with van der Waals surface area (Å²) in [5, 5.41) is 11.7. The van der Waals surface area contributed by atoms with E-state index in [1.165, 1.54) is 0 Å². The number of hydrogen-bond acceptors (Lipinski definition) is 4. The minimum atomic E-state index is -0.943. The van der Waals surface area contributed by atoms with Crippen molar-refractivity contribution in [2.24, 2.45) is 5.92 Å². The molecule has 0 saturated carbocycles. The van der Waals surface area contributed by atoms with E-state index < -0.39 is 24.0 Å². The maximum Gasteiger partial charge on any atom is 0.407 e. The molecule has 2 aromatic rings. The highest BCUT2D eigenvalue weighted by Gasteiger charge is 2.30. The smallest absolute Gasteiger partial charge is 0.407 e. The Kier molecular flexibility index (Phi) is 8.09. The maximum absolute atomic E-state index is 12.9. The summed E-state index contributed by atoms with van der Waals surface area (Å²) in [6.45, 7) is 6.27. The molecule has 0 fully saturated rings. The molecule has 0 aromatic heterocycles. The Hall–Kier alpha value is -3.35. The third-order valence-corrected chi connectivity index (χ3v) is 6.23. The van der Waals surface area contributed by atoms with E-state index in [0.29, 0.717) is 6.54 Å². The van der Waals surface area contributed by atoms with Crippen LogP contribution in [0, 0.1) is 5.92 Å². The number of carboxylic acid groups (broad SMARTS) is 1. The largest absolute Gasteiger partial charge is 0.481 e. The van der Waals surface area contributed by atoms with E-state index >= 15 is 0 Å². The molecular weight excluding hydrogens is 420 g/mol. The Morgan fingerprint density at radius 3 is 2.12 bits per heavy atom. The minimum Gasteiger partial charge on any atom is -0.481 e. The van der Waals surface area contributed by atoms with Gasteiger partial charge in [-0.2, -0.15) is 0 Å². The van der Waals surface area contributed by atoms with Gasteiger partial charge in [-0.3, -0.25) is 9.59 Å². The van der Waals surface area contributed by atoms with Crippen molar-refractivity contribution in [2.45, 2.75) is 45.6 Å². The molecule has 176 valence electrons. The Balaban J connectivity index is 1.58. The number of amides is 2. The van der Waals surface area contributed by atoms with Crippen LogP contribution in [-0.2, 0) is 14.3 Å². The van der Waals surface area contributed by atoms with E-state index in [1.807, 2.05) is 31.2 Å². The fourth-order valence-corrected chi connectivity index (χ4v) is 4.29. The molecule has 2 aromatic carbocycles. The second-order valence-electron chi connectivity index (χ2n) is 8.52. The van der Waals surface area contributed by atoms with Gasteiger partial charge in [0.2, 0.25) is 5.91 Å². The number of carbonyl (C=O) groups excluding carboxylic acids is 2. The zero-order valence-corrected chi connectivity index (χ0v) is 19.4. The van der Waals surface area contributed by atoms with Gasteiger partial charge < -0.3 is 20.1 Å². The number of nitrogens with one attached hydrogen (secondary N) is 1. The van der Waals surface area contributed by atoms with Gasteiger partial charge in [0.05, 0.1) is 12.3 Å². The molecule has 2 atom stereocenters. The summed E-state index contributed by atoms with van der Waals surface area (Å²) in [5.41, 5.74) is 4.59. The SMILES string of the molecule is CCCN(CCC(=O)O)C(=O)C(C)C(C)NC(=O)OCC1c2ccccc2-c2ccccc21. The Morgan fingerprint density at radius 2 is 1.58 bits per heavy atom. The number of carbonyl (C=O) groups is 3. The van der Waals surface area contributed by atoms with Crippen molar-refractivity contribution in [2.75, 3.05) is 19.7 Å². The first-order chi connectivity index (χ1) is 15.8. The maximum atomic E-state index is 12.9. The molecule has 33 heavy (non-hydrogen) atoms. The monoisotopic (exact) mass is 452 g/mol. The molecule has 0 heterocycles. The predicted octanol–water partition coefficient (Wildman–Crippen LogP) is 4.26. The summed E-state index contributed by atoms with van der Waals surface area (Å²) >= 11 is 0. The molecule has 7 nitrogen and oxygen atoms in total. The molecule has 7 heteroatoms. The zero-order valence-electron chi connectivity index (χ0n) is 19.4. The second-order valence-corrected chi connectivity index (χ2v) is 8.52. The summed E-state index contributed by atoms with van der Waals surface area (Å²) in [6.07, 6.45) is 0.0513. The number of benzene rings is 2. The van der Waals surface area contributed by atoms with E-state index in [2.05, 4.69) is 29.6 Å². The topological polar surface area (TPSA) is 95.9 Å². The van der Waals surface area contributed by atoms with Gasteiger partial charge >= 0.3 is 12.1 Å². The van der Waals surface area contributed by atoms with Gasteiger partial charge in [-0.25, -0.2) is 4.79 Å². The van der Waals surface area contributed by atoms with Crippen molar-refractivity contribution in [1.29, 1.82) is 0 Å². The van der Waals surface area contributed by atoms with Gasteiger partial charge in [0.1, 0.15) is 6.61 Å². The normalized spacial score (nSPS) is 14.0. The standard InChI is InChI=1S/C26H32N2O5/c1-4-14-28(15-13-24(29)30)25(31)17(2)18(3)27-26(32)33-16-23-21-11-7-5-9-19(21)20-10-6-8-12-22(20)23/h5-12,17-18,23H,4,13-16H2,1-3H3,(H,27,32)(H,29,30). The van der Waals surface area contributed by atoms with Gasteiger partial charge in [-0.05, 0) is 35.6 Å². The van der Waals surface area contributed by atoms with Gasteiger partial charge in [0.15, 0.2) is 0 Å². The van der Waals surface area contributed by atoms with E-state index in [0.717, 1.165) is 28.7 Å². The van der Waals surface area contributed by atoms with Crippen molar-refractivity contribution >= 4 is 18.0 Å². The van der Waals surface area contributed by atoms with Crippen LogP contribution in [0.4, 0.5) is 4.79 Å². The van der Waals surface area contributed by atoms with Crippen molar-refractivity contribution in [3.8, 4) is 11.1 Å². The summed E-state index contributed by atoms with van der Waals surface area (Å²) in [6, 6.07) is 15.8. The number of alkyl carbamates (subject to hydrolysis) is 1. The third kappa shape index (κ3) is 5.72. The Labute approximate surface area is 194 Å². The van der Waals surface area contributed by atoms with Crippen molar-refractivity contribution in [3.63, 3.8) is 0 Å². The van der Waals surface area contributed by atoms with Gasteiger partial charge in [-0.1, -0.05) is 62.4 Å². The van der Waals surface area contributed by atoms with Crippen molar-refractivity contribution < 1.29 is 24.2 Å². The lowest BCUT2D eigenvalue weighted by Gasteiger charge is -2.28. The number of aliphatic carboxylic acids is 1. The molecular formula is C26H32N2O5. The summed E-state index contributed by atoms with van der Waals surface area (Å²) in [4.78, 5) is 37.8. The fraction of sp³-hybridized carbons (Fsp3) is 0.423. The average molecular weight is 453 g/mol. The number of hydrogen-bond donors (Lipinski definition) is 2. The summed E-state index contributed by atoms with van der Waals surface area (Å²) in [7, 11) is 0. The highest BCUT2D eigenvalue weighted by molar-refractivity contribution is 5.81. The molecule has 0 aliphatic heterocycles. The van der Waals surface area contributed by atoms with Crippen LogP contribution in [0.15, 0.2) is 48.5 Å². The van der Waals surface area contributed by atoms with E-state index in [4.69, 9.17) is 9.84 Å². The molecule has 0 bridgehead atoms. The van der Waals surface area contributed by atoms with Crippen LogP contribution in [0.3, 0.4) is 0 Å². The van der Waals surface area contributed by atoms with Gasteiger partial charge in [0, 0.05) is 25.0 Å². The zero-order chi connectivity index (χ0) is 24.0. The lowest BCUT2D eigenvalue weighted by molar-refractivity contribution is -0.139. The van der Waals surface area contributed by atoms with Gasteiger partial charge in [0.25, 0.3) is 0 Å². The van der Waals surface area contributed by atoms with E-state index in [1.54, 1.807) is 18.7 Å². The molecule has 2 N–H and O–H groups in total. The van der Waals surface area contributed by atoms with Crippen molar-refractivity contribution in [1.82, 2.24) is 10.2 Å². The molecule has 0 saturated heterocycles. The lowest BCUT2D eigenvalue weighted by atomic mass is 9.98. The first-order valence-electron chi connectivity index (χ1n) is 11.5. The summed E-state index contributed by atoms with van der Waals surface area (Å²) < 4.78 is 5.57. The lowest BCUT2D eigenvalue weighted by Crippen LogP contribution is -2.46. The molecule has 2 amide bonds. The quantitative estimate of drug-likeness (QED) is 0.561. The molecule has 1 aliphatic carbocycles. The molecule has 0 radical (unpaired) electrons. The van der Waals surface area contributed by atoms with Crippen LogP contribution in [0.2, 0.25) is 0 Å². The van der Waals surface area contributed by atoms with Crippen LogP contribution in [0.5, 0.6) is 0 Å². The molecule has 0 spiro atoms. The van der Waals surface area contributed by atoms with Crippen LogP contribution in [0.1, 0.15) is 50.7 Å². The molecule has 3 rings (SSSR count). The Bertz CT molecular complexity index is 960. The fourth-order valence-electron chi connectivity index (χ4n) is 4.29. The number of ether oxygens (including phenoxy) is 1. The summed E-state index contributed by atoms with van der Waals surface area (Å²) in [5.74, 6) is -1.66. The van der Waals surface area contributed by atoms with Gasteiger partial charge in [-0.15, -0.1) is 0 Å². The first kappa shape index (κ1) is 24.3. The molecule has 1 aliphatic rings. The highest BCUT2D eigenvalue weighted by Crippen LogP contribution is 2.44. The number of carboxylic acids is 1. The minimum absolute atomic E-state index is 0.0337. The van der Waals surface area contributed by atoms with E-state index in [9.17, 15) is 14.4 Å². The highest BCUT2D eigenvalue weighted by atomic mass is 16.5. The van der Waals surface area contributed by atoms with Crippen LogP contribution < -0.4 is 5.32 Å². The van der Waals surface area contributed by atoms with Crippen molar-refractivity contribution in [3.05, 3.63) is 59.7 Å². The molecule has 2 unspecified atom stereocenters. The number of fused-ring (bicyclic) bond motifs is 3. The second kappa shape index (κ2) is 11.0. The predicted molar refractivity (Wildman–Crippen MR) is 126 cm³/mol. The Morgan fingerprint density at radius 1 is 1.00 bits per heavy atom. The number of nitrogens with zero attached hydrogens (tertiary/aromatic N) is 1. The van der Waals surface area contributed by atoms with E-state index in [-0.39, 0.29) is 31.4 Å². The number of rotatable bonds is 10. The average Bonchev–Trinajstić information content (AvgIpc) is 3.13. The third-order valence-electron chi connectivity index (χ3n) is 6.23. The van der Waals surface area contributed by atoms with Crippen LogP contribution in [-0.4, -0.2) is 53.7 Å². The van der Waals surface area contributed by atoms with Crippen LogP contribution >= 0.6 is 0 Å². The van der Waals surface area contributed by atoms with Crippen LogP contribution in [0.25, 0.3) is 11.1 Å².